The number of aromatic nitrogens is 1. The topological polar surface area (TPSA) is 114 Å². The SMILES string of the molecule is CC(C)(C)O[P+](=O)CC(=O)N1CC=C(c2ccc(N3C[C@H](CNc4ccon4)OC3=O)cc2F)CC1. The molecule has 3 heterocycles. The maximum absolute atomic E-state index is 15.0. The first-order chi connectivity index (χ1) is 17.1. The largest absolute Gasteiger partial charge is 0.518 e. The zero-order valence-electron chi connectivity index (χ0n) is 20.4. The van der Waals surface area contributed by atoms with Crippen LogP contribution in [0.15, 0.2) is 41.1 Å². The molecule has 12 heteroatoms. The molecule has 0 aliphatic carbocycles. The molecule has 36 heavy (non-hydrogen) atoms. The molecule has 2 aliphatic heterocycles. The van der Waals surface area contributed by atoms with Crippen LogP contribution in [0.5, 0.6) is 0 Å². The van der Waals surface area contributed by atoms with Crippen LogP contribution < -0.4 is 10.2 Å². The number of amides is 2. The molecular formula is C24H29FN4O6P+. The van der Waals surface area contributed by atoms with E-state index in [4.69, 9.17) is 13.8 Å². The molecule has 1 aromatic heterocycles. The van der Waals surface area contributed by atoms with Crippen LogP contribution >= 0.6 is 8.03 Å². The van der Waals surface area contributed by atoms with E-state index in [1.165, 1.54) is 17.2 Å². The molecule has 2 aromatic rings. The summed E-state index contributed by atoms with van der Waals surface area (Å²) in [4.78, 5) is 27.8. The summed E-state index contributed by atoms with van der Waals surface area (Å²) in [7, 11) is -2.10. The van der Waals surface area contributed by atoms with Gasteiger partial charge in [-0.25, -0.2) is 9.18 Å². The fourth-order valence-electron chi connectivity index (χ4n) is 3.98. The highest BCUT2D eigenvalue weighted by Gasteiger charge is 2.34. The summed E-state index contributed by atoms with van der Waals surface area (Å²) < 4.78 is 42.6. The van der Waals surface area contributed by atoms with Gasteiger partial charge in [0.25, 0.3) is 12.1 Å². The van der Waals surface area contributed by atoms with Gasteiger partial charge in [0.05, 0.1) is 18.8 Å². The second-order valence-corrected chi connectivity index (χ2v) is 10.7. The Morgan fingerprint density at radius 1 is 1.33 bits per heavy atom. The van der Waals surface area contributed by atoms with Crippen molar-refractivity contribution in [2.75, 3.05) is 42.6 Å². The smallest absolute Gasteiger partial charge is 0.442 e. The highest BCUT2D eigenvalue weighted by molar-refractivity contribution is 7.40. The summed E-state index contributed by atoms with van der Waals surface area (Å²) >= 11 is 0. The van der Waals surface area contributed by atoms with E-state index in [0.29, 0.717) is 43.1 Å². The van der Waals surface area contributed by atoms with E-state index < -0.39 is 31.6 Å². The van der Waals surface area contributed by atoms with Gasteiger partial charge in [-0.3, -0.25) is 9.69 Å². The number of nitrogens with one attached hydrogen (secondary N) is 1. The molecule has 10 nitrogen and oxygen atoms in total. The molecule has 1 aromatic carbocycles. The van der Waals surface area contributed by atoms with Crippen molar-refractivity contribution in [2.24, 2.45) is 0 Å². The Bertz CT molecular complexity index is 1160. The lowest BCUT2D eigenvalue weighted by Gasteiger charge is -2.26. The molecule has 1 fully saturated rings. The lowest BCUT2D eigenvalue weighted by Crippen LogP contribution is -2.36. The normalized spacial score (nSPS) is 18.7. The average molecular weight is 519 g/mol. The molecule has 1 saturated heterocycles. The molecular weight excluding hydrogens is 490 g/mol. The lowest BCUT2D eigenvalue weighted by molar-refractivity contribution is -0.128. The Morgan fingerprint density at radius 2 is 2.14 bits per heavy atom. The Morgan fingerprint density at radius 3 is 2.78 bits per heavy atom. The Labute approximate surface area is 209 Å². The first-order valence-electron chi connectivity index (χ1n) is 11.6. The van der Waals surface area contributed by atoms with Crippen LogP contribution in [0.25, 0.3) is 5.57 Å². The maximum Gasteiger partial charge on any atom is 0.518 e. The predicted molar refractivity (Wildman–Crippen MR) is 131 cm³/mol. The van der Waals surface area contributed by atoms with E-state index in [1.54, 1.807) is 49.9 Å². The highest BCUT2D eigenvalue weighted by Crippen LogP contribution is 2.32. The van der Waals surface area contributed by atoms with Crippen molar-refractivity contribution in [1.29, 1.82) is 0 Å². The van der Waals surface area contributed by atoms with Crippen molar-refractivity contribution >= 4 is 37.1 Å². The summed E-state index contributed by atoms with van der Waals surface area (Å²) in [5, 5.41) is 6.76. The van der Waals surface area contributed by atoms with E-state index in [-0.39, 0.29) is 18.6 Å². The van der Waals surface area contributed by atoms with Crippen LogP contribution in [0.4, 0.5) is 20.7 Å². The number of ether oxygens (including phenoxy) is 1. The molecule has 1 N–H and O–H groups in total. The van der Waals surface area contributed by atoms with Crippen molar-refractivity contribution < 1.29 is 32.3 Å². The van der Waals surface area contributed by atoms with Crippen molar-refractivity contribution in [3.63, 3.8) is 0 Å². The molecule has 2 atom stereocenters. The van der Waals surface area contributed by atoms with Gasteiger partial charge >= 0.3 is 14.1 Å². The summed E-state index contributed by atoms with van der Waals surface area (Å²) in [6.45, 7) is 6.64. The van der Waals surface area contributed by atoms with Crippen molar-refractivity contribution in [3.8, 4) is 0 Å². The van der Waals surface area contributed by atoms with Crippen molar-refractivity contribution in [1.82, 2.24) is 10.1 Å². The minimum atomic E-state index is -2.10. The van der Waals surface area contributed by atoms with Gasteiger partial charge in [0.2, 0.25) is 0 Å². The van der Waals surface area contributed by atoms with Crippen molar-refractivity contribution in [3.05, 3.63) is 48.0 Å². The molecule has 192 valence electrons. The lowest BCUT2D eigenvalue weighted by atomic mass is 9.98. The van der Waals surface area contributed by atoms with Gasteiger partial charge in [0, 0.05) is 24.7 Å². The fourth-order valence-corrected chi connectivity index (χ4v) is 5.08. The number of hydrogen-bond acceptors (Lipinski definition) is 8. The van der Waals surface area contributed by atoms with E-state index in [9.17, 15) is 14.2 Å². The van der Waals surface area contributed by atoms with Crippen LogP contribution in [0.3, 0.4) is 0 Å². The standard InChI is InChI=1S/C24H29FN4O6P/c1-24(2,3)35-36(32)15-22(30)28-9-6-16(7-10-28)19-5-4-17(12-20(19)25)29-14-18(34-23(29)31)13-26-21-8-11-33-27-21/h4-6,8,11-12,18H,7,9-10,13-15H2,1-3H3,(H,26,27)/q+1/t18-/m0/s1. The van der Waals surface area contributed by atoms with E-state index in [1.807, 2.05) is 0 Å². The molecule has 0 spiro atoms. The number of halogens is 1. The minimum Gasteiger partial charge on any atom is -0.442 e. The molecule has 2 amide bonds. The quantitative estimate of drug-likeness (QED) is 0.510. The van der Waals surface area contributed by atoms with Gasteiger partial charge in [0.1, 0.15) is 23.8 Å². The summed E-state index contributed by atoms with van der Waals surface area (Å²) in [6, 6.07) is 6.29. The summed E-state index contributed by atoms with van der Waals surface area (Å²) in [5.41, 5.74) is 1.01. The van der Waals surface area contributed by atoms with Gasteiger partial charge in [-0.2, -0.15) is 0 Å². The zero-order chi connectivity index (χ0) is 25.9. The highest BCUT2D eigenvalue weighted by atomic mass is 31.1. The monoisotopic (exact) mass is 519 g/mol. The number of cyclic esters (lactones) is 1. The van der Waals surface area contributed by atoms with Crippen LogP contribution in [0, 0.1) is 5.82 Å². The molecule has 2 aliphatic rings. The average Bonchev–Trinajstić information content (AvgIpc) is 3.46. The van der Waals surface area contributed by atoms with Crippen LogP contribution in [0.2, 0.25) is 0 Å². The summed E-state index contributed by atoms with van der Waals surface area (Å²) in [5.74, 6) is -0.184. The maximum atomic E-state index is 15.0. The molecule has 1 unspecified atom stereocenters. The van der Waals surface area contributed by atoms with Crippen LogP contribution in [0.1, 0.15) is 32.8 Å². The first-order valence-corrected chi connectivity index (χ1v) is 13.0. The number of anilines is 2. The fraction of sp³-hybridized carbons (Fsp3) is 0.458. The number of carbonyl (C=O) groups excluding carboxylic acids is 2. The molecule has 0 radical (unpaired) electrons. The van der Waals surface area contributed by atoms with E-state index in [2.05, 4.69) is 10.5 Å². The Kier molecular flexibility index (Phi) is 7.70. The number of carbonyl (C=O) groups is 2. The number of hydrogen-bond donors (Lipinski definition) is 1. The van der Waals surface area contributed by atoms with E-state index >= 15 is 4.39 Å². The molecule has 0 saturated carbocycles. The number of nitrogens with zero attached hydrogens (tertiary/aromatic N) is 3. The Balaban J connectivity index is 1.34. The van der Waals surface area contributed by atoms with Gasteiger partial charge < -0.3 is 19.5 Å². The third-order valence-corrected chi connectivity index (χ3v) is 6.92. The van der Waals surface area contributed by atoms with E-state index in [0.717, 1.165) is 5.57 Å². The van der Waals surface area contributed by atoms with Gasteiger partial charge in [0.15, 0.2) is 5.82 Å². The summed E-state index contributed by atoms with van der Waals surface area (Å²) in [6.07, 6.45) is 2.54. The second-order valence-electron chi connectivity index (χ2n) is 9.56. The first kappa shape index (κ1) is 25.8. The second kappa shape index (κ2) is 10.8. The van der Waals surface area contributed by atoms with Crippen LogP contribution in [-0.4, -0.2) is 66.1 Å². The Hall–Kier alpha value is -3.30. The minimum absolute atomic E-state index is 0.181. The number of benzene rings is 1. The van der Waals surface area contributed by atoms with Crippen LogP contribution in [-0.2, 0) is 18.6 Å². The van der Waals surface area contributed by atoms with Gasteiger partial charge in [-0.1, -0.05) is 11.2 Å². The third-order valence-electron chi connectivity index (χ3n) is 5.63. The van der Waals surface area contributed by atoms with Gasteiger partial charge in [-0.05, 0) is 55.5 Å². The molecule has 0 bridgehead atoms. The molecule has 4 rings (SSSR count). The third kappa shape index (κ3) is 6.47. The van der Waals surface area contributed by atoms with Crippen molar-refractivity contribution in [2.45, 2.75) is 38.9 Å². The number of rotatable bonds is 8. The zero-order valence-corrected chi connectivity index (χ0v) is 21.3. The predicted octanol–water partition coefficient (Wildman–Crippen LogP) is 4.42. The van der Waals surface area contributed by atoms with Gasteiger partial charge in [-0.15, -0.1) is 4.52 Å².